The highest BCUT2D eigenvalue weighted by molar-refractivity contribution is 9.10. The van der Waals surface area contributed by atoms with Crippen molar-refractivity contribution in [2.75, 3.05) is 6.61 Å². The zero-order valence-corrected chi connectivity index (χ0v) is 25.4. The third kappa shape index (κ3) is 11.1. The van der Waals surface area contributed by atoms with E-state index in [0.29, 0.717) is 11.3 Å². The molecule has 210 valence electrons. The quantitative estimate of drug-likeness (QED) is 0.105. The van der Waals surface area contributed by atoms with E-state index in [4.69, 9.17) is 9.47 Å². The summed E-state index contributed by atoms with van der Waals surface area (Å²) in [6, 6.07) is 13.4. The van der Waals surface area contributed by atoms with Gasteiger partial charge >= 0.3 is 5.97 Å². The van der Waals surface area contributed by atoms with Crippen LogP contribution in [-0.2, 0) is 6.42 Å². The van der Waals surface area contributed by atoms with E-state index in [1.807, 2.05) is 18.2 Å². The van der Waals surface area contributed by atoms with E-state index in [1.165, 1.54) is 95.5 Å². The molecule has 0 atom stereocenters. The molecule has 0 amide bonds. The molecule has 3 rings (SSSR count). The zero-order valence-electron chi connectivity index (χ0n) is 23.8. The summed E-state index contributed by atoms with van der Waals surface area (Å²) in [5, 5.41) is 0. The Hall–Kier alpha value is -1.81. The molecule has 38 heavy (non-hydrogen) atoms. The number of unbranched alkanes of at least 4 members (excludes halogenated alkanes) is 7. The van der Waals surface area contributed by atoms with Crippen LogP contribution >= 0.6 is 15.9 Å². The van der Waals surface area contributed by atoms with Crippen LogP contribution in [0.25, 0.3) is 0 Å². The van der Waals surface area contributed by atoms with Gasteiger partial charge in [-0.05, 0) is 89.0 Å². The van der Waals surface area contributed by atoms with Crippen molar-refractivity contribution < 1.29 is 14.3 Å². The van der Waals surface area contributed by atoms with E-state index in [9.17, 15) is 4.79 Å². The molecule has 2 aromatic rings. The summed E-state index contributed by atoms with van der Waals surface area (Å²) in [5.41, 5.74) is 1.83. The fourth-order valence-corrected chi connectivity index (χ4v) is 6.07. The topological polar surface area (TPSA) is 35.5 Å². The van der Waals surface area contributed by atoms with Gasteiger partial charge in [-0.2, -0.15) is 0 Å². The molecule has 0 N–H and O–H groups in total. The van der Waals surface area contributed by atoms with Crippen LogP contribution in [0.5, 0.6) is 11.5 Å². The summed E-state index contributed by atoms with van der Waals surface area (Å²) < 4.78 is 12.4. The second-order valence-corrected chi connectivity index (χ2v) is 12.1. The molecule has 0 saturated heterocycles. The van der Waals surface area contributed by atoms with Crippen molar-refractivity contribution in [3.63, 3.8) is 0 Å². The number of carbonyl (C=O) groups is 1. The number of ether oxygens (including phenoxy) is 2. The van der Waals surface area contributed by atoms with Gasteiger partial charge in [0.15, 0.2) is 0 Å². The summed E-state index contributed by atoms with van der Waals surface area (Å²) >= 11 is 3.62. The van der Waals surface area contributed by atoms with Crippen molar-refractivity contribution in [2.24, 2.45) is 11.8 Å². The van der Waals surface area contributed by atoms with Crippen LogP contribution < -0.4 is 9.47 Å². The second kappa shape index (κ2) is 17.7. The molecule has 0 heterocycles. The first-order chi connectivity index (χ1) is 18.6. The Morgan fingerprint density at radius 1 is 0.789 bits per heavy atom. The highest BCUT2D eigenvalue weighted by atomic mass is 79.9. The fraction of sp³-hybridized carbons (Fsp3) is 0.618. The fourth-order valence-electron chi connectivity index (χ4n) is 5.56. The summed E-state index contributed by atoms with van der Waals surface area (Å²) in [5.74, 6) is 2.83. The van der Waals surface area contributed by atoms with Crippen molar-refractivity contribution in [1.82, 2.24) is 0 Å². The van der Waals surface area contributed by atoms with Gasteiger partial charge in [0, 0.05) is 0 Å². The standard InChI is InChI=1S/C34H49BrO3/c1-3-5-7-8-9-11-25-37-31-22-20-30(21-23-31)34(36)38-33-24-19-29(26-32(33)35)18-17-28-15-13-27(14-16-28)12-10-6-4-2/h19-24,26-28H,3-18,25H2,1-2H3. The van der Waals surface area contributed by atoms with E-state index in [2.05, 4.69) is 41.9 Å². The average molecular weight is 586 g/mol. The Bertz CT molecular complexity index is 931. The molecule has 3 nitrogen and oxygen atoms in total. The Labute approximate surface area is 240 Å². The molecule has 0 radical (unpaired) electrons. The van der Waals surface area contributed by atoms with E-state index in [1.54, 1.807) is 12.1 Å². The molecule has 0 unspecified atom stereocenters. The highest BCUT2D eigenvalue weighted by Gasteiger charge is 2.21. The van der Waals surface area contributed by atoms with Crippen LogP contribution in [0.4, 0.5) is 0 Å². The largest absolute Gasteiger partial charge is 0.494 e. The molecule has 1 aliphatic carbocycles. The molecule has 2 aromatic carbocycles. The van der Waals surface area contributed by atoms with Gasteiger partial charge in [0.1, 0.15) is 11.5 Å². The summed E-state index contributed by atoms with van der Waals surface area (Å²) in [6.07, 6.45) is 20.9. The second-order valence-electron chi connectivity index (χ2n) is 11.2. The van der Waals surface area contributed by atoms with Crippen LogP contribution in [0.1, 0.15) is 126 Å². The van der Waals surface area contributed by atoms with E-state index >= 15 is 0 Å². The summed E-state index contributed by atoms with van der Waals surface area (Å²) in [7, 11) is 0. The third-order valence-electron chi connectivity index (χ3n) is 8.08. The van der Waals surface area contributed by atoms with Crippen LogP contribution in [0.15, 0.2) is 46.9 Å². The zero-order chi connectivity index (χ0) is 27.0. The number of esters is 1. The molecule has 4 heteroatoms. The first-order valence-electron chi connectivity index (χ1n) is 15.3. The maximum absolute atomic E-state index is 12.7. The highest BCUT2D eigenvalue weighted by Crippen LogP contribution is 2.35. The minimum absolute atomic E-state index is 0.350. The van der Waals surface area contributed by atoms with Gasteiger partial charge in [-0.15, -0.1) is 0 Å². The molecule has 1 saturated carbocycles. The summed E-state index contributed by atoms with van der Waals surface area (Å²) in [6.45, 7) is 5.24. The van der Waals surface area contributed by atoms with Gasteiger partial charge in [0.2, 0.25) is 0 Å². The molecule has 0 spiro atoms. The van der Waals surface area contributed by atoms with E-state index < -0.39 is 0 Å². The Kier molecular flexibility index (Phi) is 14.3. The Balaban J connectivity index is 1.37. The maximum atomic E-state index is 12.7. The predicted octanol–water partition coefficient (Wildman–Crippen LogP) is 10.7. The number of rotatable bonds is 17. The monoisotopic (exact) mass is 584 g/mol. The lowest BCUT2D eigenvalue weighted by Crippen LogP contribution is -2.15. The van der Waals surface area contributed by atoms with Crippen molar-refractivity contribution in [1.29, 1.82) is 0 Å². The third-order valence-corrected chi connectivity index (χ3v) is 8.70. The van der Waals surface area contributed by atoms with Crippen LogP contribution in [0, 0.1) is 11.8 Å². The van der Waals surface area contributed by atoms with Gasteiger partial charge in [0.05, 0.1) is 16.6 Å². The minimum atomic E-state index is -0.350. The predicted molar refractivity (Wildman–Crippen MR) is 162 cm³/mol. The molecule has 1 fully saturated rings. The first-order valence-corrected chi connectivity index (χ1v) is 16.1. The lowest BCUT2D eigenvalue weighted by molar-refractivity contribution is 0.0733. The van der Waals surface area contributed by atoms with Gasteiger partial charge in [-0.25, -0.2) is 4.79 Å². The Morgan fingerprint density at radius 3 is 2.11 bits per heavy atom. The average Bonchev–Trinajstić information content (AvgIpc) is 2.94. The van der Waals surface area contributed by atoms with Crippen molar-refractivity contribution in [2.45, 2.75) is 117 Å². The normalized spacial score (nSPS) is 17.3. The molecular weight excluding hydrogens is 536 g/mol. The van der Waals surface area contributed by atoms with E-state index in [0.717, 1.165) is 41.5 Å². The number of aryl methyl sites for hydroxylation is 1. The first kappa shape index (κ1) is 30.7. The van der Waals surface area contributed by atoms with Gasteiger partial charge in [-0.3, -0.25) is 0 Å². The molecular formula is C34H49BrO3. The molecule has 0 bridgehead atoms. The van der Waals surface area contributed by atoms with Crippen molar-refractivity contribution in [3.8, 4) is 11.5 Å². The smallest absolute Gasteiger partial charge is 0.343 e. The number of hydrogen-bond donors (Lipinski definition) is 0. The molecule has 1 aliphatic rings. The SMILES string of the molecule is CCCCCCCCOc1ccc(C(=O)Oc2ccc(CCC3CCC(CCCCC)CC3)cc2Br)cc1. The van der Waals surface area contributed by atoms with Crippen molar-refractivity contribution >= 4 is 21.9 Å². The number of benzene rings is 2. The molecule has 0 aliphatic heterocycles. The van der Waals surface area contributed by atoms with E-state index in [-0.39, 0.29) is 5.97 Å². The van der Waals surface area contributed by atoms with Crippen molar-refractivity contribution in [3.05, 3.63) is 58.1 Å². The lowest BCUT2D eigenvalue weighted by atomic mass is 9.78. The van der Waals surface area contributed by atoms with Crippen LogP contribution in [0.3, 0.4) is 0 Å². The number of hydrogen-bond acceptors (Lipinski definition) is 3. The molecule has 0 aromatic heterocycles. The number of halogens is 1. The number of carbonyl (C=O) groups excluding carboxylic acids is 1. The lowest BCUT2D eigenvalue weighted by Gasteiger charge is -2.28. The minimum Gasteiger partial charge on any atom is -0.494 e. The van der Waals surface area contributed by atoms with Crippen LogP contribution in [0.2, 0.25) is 0 Å². The van der Waals surface area contributed by atoms with Gasteiger partial charge in [0.25, 0.3) is 0 Å². The van der Waals surface area contributed by atoms with Gasteiger partial charge in [-0.1, -0.05) is 103 Å². The summed E-state index contributed by atoms with van der Waals surface area (Å²) in [4.78, 5) is 12.7. The Morgan fingerprint density at radius 2 is 1.42 bits per heavy atom. The van der Waals surface area contributed by atoms with Gasteiger partial charge < -0.3 is 9.47 Å². The maximum Gasteiger partial charge on any atom is 0.343 e. The van der Waals surface area contributed by atoms with Crippen LogP contribution in [-0.4, -0.2) is 12.6 Å².